The number of likely N-dealkylation sites (N-methyl/N-ethyl adjacent to an activating group) is 1. The average molecular weight is 283 g/mol. The molecule has 0 unspecified atom stereocenters. The van der Waals surface area contributed by atoms with Gasteiger partial charge >= 0.3 is 6.03 Å². The van der Waals surface area contributed by atoms with Gasteiger partial charge in [0.05, 0.1) is 18.7 Å². The standard InChI is InChI=1S/C13H21N3O4/c1-3-13(20)8-15(9-13)10(17)5-4-6-16-11(18)7-14(2)12(16)19/h20H,3-9H2,1-2H3. The molecule has 2 aliphatic heterocycles. The van der Waals surface area contributed by atoms with Crippen LogP contribution in [0.15, 0.2) is 0 Å². The van der Waals surface area contributed by atoms with E-state index in [4.69, 9.17) is 0 Å². The quantitative estimate of drug-likeness (QED) is 0.699. The van der Waals surface area contributed by atoms with Crippen molar-refractivity contribution in [3.63, 3.8) is 0 Å². The van der Waals surface area contributed by atoms with Crippen LogP contribution < -0.4 is 0 Å². The van der Waals surface area contributed by atoms with Crippen LogP contribution in [0.5, 0.6) is 0 Å². The summed E-state index contributed by atoms with van der Waals surface area (Å²) < 4.78 is 0. The molecule has 112 valence electrons. The molecular weight excluding hydrogens is 262 g/mol. The third-order valence-electron chi connectivity index (χ3n) is 3.98. The van der Waals surface area contributed by atoms with Crippen LogP contribution >= 0.6 is 0 Å². The molecule has 7 nitrogen and oxygen atoms in total. The van der Waals surface area contributed by atoms with Crippen molar-refractivity contribution in [2.45, 2.75) is 31.8 Å². The summed E-state index contributed by atoms with van der Waals surface area (Å²) in [6.07, 6.45) is 1.39. The van der Waals surface area contributed by atoms with E-state index < -0.39 is 5.60 Å². The molecule has 0 spiro atoms. The van der Waals surface area contributed by atoms with Crippen molar-refractivity contribution in [3.05, 3.63) is 0 Å². The number of rotatable bonds is 5. The van der Waals surface area contributed by atoms with Crippen molar-refractivity contribution < 1.29 is 19.5 Å². The summed E-state index contributed by atoms with van der Waals surface area (Å²) in [5.74, 6) is -0.246. The monoisotopic (exact) mass is 283 g/mol. The molecule has 0 aromatic heterocycles. The predicted octanol–water partition coefficient (Wildman–Crippen LogP) is -0.356. The van der Waals surface area contributed by atoms with E-state index in [1.54, 1.807) is 11.9 Å². The second-order valence-corrected chi connectivity index (χ2v) is 5.62. The van der Waals surface area contributed by atoms with Gasteiger partial charge in [0.2, 0.25) is 11.8 Å². The number of amides is 4. The van der Waals surface area contributed by atoms with Gasteiger partial charge in [-0.15, -0.1) is 0 Å². The number of nitrogens with zero attached hydrogens (tertiary/aromatic N) is 3. The molecule has 2 aliphatic rings. The van der Waals surface area contributed by atoms with Gasteiger partial charge in [-0.1, -0.05) is 6.92 Å². The normalized spacial score (nSPS) is 21.4. The highest BCUT2D eigenvalue weighted by atomic mass is 16.3. The third-order valence-corrected chi connectivity index (χ3v) is 3.98. The van der Waals surface area contributed by atoms with Crippen LogP contribution in [0.25, 0.3) is 0 Å². The molecule has 0 aromatic rings. The van der Waals surface area contributed by atoms with Crippen LogP contribution in [0.2, 0.25) is 0 Å². The highest BCUT2D eigenvalue weighted by Crippen LogP contribution is 2.24. The van der Waals surface area contributed by atoms with E-state index >= 15 is 0 Å². The fourth-order valence-electron chi connectivity index (χ4n) is 2.50. The fraction of sp³-hybridized carbons (Fsp3) is 0.769. The SMILES string of the molecule is CCC1(O)CN(C(=O)CCCN2C(=O)CN(C)C2=O)C1. The summed E-state index contributed by atoms with van der Waals surface area (Å²) in [5, 5.41) is 9.84. The molecule has 4 amide bonds. The predicted molar refractivity (Wildman–Crippen MR) is 70.8 cm³/mol. The number of imide groups is 1. The number of hydrogen-bond acceptors (Lipinski definition) is 4. The Morgan fingerprint density at radius 3 is 2.50 bits per heavy atom. The van der Waals surface area contributed by atoms with E-state index in [9.17, 15) is 19.5 Å². The highest BCUT2D eigenvalue weighted by molar-refractivity contribution is 6.01. The van der Waals surface area contributed by atoms with Gasteiger partial charge in [-0.2, -0.15) is 0 Å². The Labute approximate surface area is 118 Å². The minimum atomic E-state index is -0.723. The lowest BCUT2D eigenvalue weighted by Gasteiger charge is -2.46. The molecule has 20 heavy (non-hydrogen) atoms. The first-order chi connectivity index (χ1) is 9.36. The van der Waals surface area contributed by atoms with Crippen LogP contribution in [0.4, 0.5) is 4.79 Å². The maximum Gasteiger partial charge on any atom is 0.326 e. The molecule has 0 atom stereocenters. The van der Waals surface area contributed by atoms with Crippen LogP contribution in [-0.2, 0) is 9.59 Å². The van der Waals surface area contributed by atoms with Gasteiger partial charge < -0.3 is 14.9 Å². The summed E-state index contributed by atoms with van der Waals surface area (Å²) in [6.45, 7) is 3.05. The van der Waals surface area contributed by atoms with Crippen LogP contribution in [0.1, 0.15) is 26.2 Å². The summed E-state index contributed by atoms with van der Waals surface area (Å²) in [7, 11) is 1.58. The van der Waals surface area contributed by atoms with Gasteiger partial charge in [-0.3, -0.25) is 14.5 Å². The van der Waals surface area contributed by atoms with Gasteiger partial charge in [0.15, 0.2) is 0 Å². The zero-order chi connectivity index (χ0) is 14.9. The zero-order valence-electron chi connectivity index (χ0n) is 12.0. The van der Waals surface area contributed by atoms with E-state index in [1.807, 2.05) is 6.92 Å². The van der Waals surface area contributed by atoms with E-state index in [2.05, 4.69) is 0 Å². The average Bonchev–Trinajstić information content (AvgIpc) is 2.61. The van der Waals surface area contributed by atoms with Gasteiger partial charge in [0.25, 0.3) is 0 Å². The molecule has 7 heteroatoms. The number of carbonyl (C=O) groups is 3. The van der Waals surface area contributed by atoms with Crippen molar-refractivity contribution in [2.75, 3.05) is 33.2 Å². The Hall–Kier alpha value is -1.63. The van der Waals surface area contributed by atoms with Gasteiger partial charge in [-0.05, 0) is 12.8 Å². The molecule has 2 heterocycles. The Balaban J connectivity index is 1.71. The lowest BCUT2D eigenvalue weighted by atomic mass is 9.91. The van der Waals surface area contributed by atoms with Crippen LogP contribution in [0.3, 0.4) is 0 Å². The summed E-state index contributed by atoms with van der Waals surface area (Å²) in [4.78, 5) is 39.2. The zero-order valence-corrected chi connectivity index (χ0v) is 12.0. The van der Waals surface area contributed by atoms with Crippen LogP contribution in [0, 0.1) is 0 Å². The second-order valence-electron chi connectivity index (χ2n) is 5.62. The van der Waals surface area contributed by atoms with Gasteiger partial charge in [0.1, 0.15) is 6.54 Å². The first kappa shape index (κ1) is 14.8. The number of carbonyl (C=O) groups excluding carboxylic acids is 3. The lowest BCUT2D eigenvalue weighted by molar-refractivity contribution is -0.155. The molecule has 2 saturated heterocycles. The summed E-state index contributed by atoms with van der Waals surface area (Å²) in [6, 6.07) is -0.299. The topological polar surface area (TPSA) is 81.2 Å². The van der Waals surface area contributed by atoms with E-state index in [-0.39, 0.29) is 30.9 Å². The van der Waals surface area contributed by atoms with Crippen molar-refractivity contribution in [1.29, 1.82) is 0 Å². The molecule has 2 rings (SSSR count). The number of hydrogen-bond donors (Lipinski definition) is 1. The van der Waals surface area contributed by atoms with Crippen LogP contribution in [-0.4, -0.2) is 76.5 Å². The molecule has 0 aromatic carbocycles. The molecule has 0 saturated carbocycles. The Morgan fingerprint density at radius 2 is 2.00 bits per heavy atom. The number of aliphatic hydroxyl groups is 1. The molecule has 0 aliphatic carbocycles. The van der Waals surface area contributed by atoms with Gasteiger partial charge in [-0.25, -0.2) is 4.79 Å². The minimum Gasteiger partial charge on any atom is -0.386 e. The second kappa shape index (κ2) is 5.40. The first-order valence-corrected chi connectivity index (χ1v) is 6.92. The highest BCUT2D eigenvalue weighted by Gasteiger charge is 2.41. The van der Waals surface area contributed by atoms with E-state index in [1.165, 1.54) is 9.80 Å². The Bertz CT molecular complexity index is 431. The smallest absolute Gasteiger partial charge is 0.326 e. The Kier molecular flexibility index (Phi) is 3.99. The number of β-amino-alcohol motifs (C(OH)–C–C–N with tert-alkyl or cyclic N) is 1. The summed E-state index contributed by atoms with van der Waals surface area (Å²) in [5.41, 5.74) is -0.723. The minimum absolute atomic E-state index is 0.0319. The third kappa shape index (κ3) is 2.77. The molecule has 0 radical (unpaired) electrons. The molecule has 0 bridgehead atoms. The fourth-order valence-corrected chi connectivity index (χ4v) is 2.50. The first-order valence-electron chi connectivity index (χ1n) is 6.92. The van der Waals surface area contributed by atoms with E-state index in [0.717, 1.165) is 0 Å². The maximum absolute atomic E-state index is 11.8. The van der Waals surface area contributed by atoms with Crippen molar-refractivity contribution >= 4 is 17.8 Å². The lowest BCUT2D eigenvalue weighted by Crippen LogP contribution is -2.63. The number of urea groups is 1. The Morgan fingerprint density at radius 1 is 1.35 bits per heavy atom. The summed E-state index contributed by atoms with van der Waals surface area (Å²) >= 11 is 0. The van der Waals surface area contributed by atoms with E-state index in [0.29, 0.717) is 32.4 Å². The van der Waals surface area contributed by atoms with Gasteiger partial charge in [0, 0.05) is 20.0 Å². The largest absolute Gasteiger partial charge is 0.386 e. The molecule has 1 N–H and O–H groups in total. The number of likely N-dealkylation sites (tertiary alicyclic amines) is 1. The molecule has 2 fully saturated rings. The molecular formula is C13H21N3O4. The maximum atomic E-state index is 11.8. The van der Waals surface area contributed by atoms with Crippen molar-refractivity contribution in [1.82, 2.24) is 14.7 Å². The van der Waals surface area contributed by atoms with Crippen molar-refractivity contribution in [2.24, 2.45) is 0 Å². The van der Waals surface area contributed by atoms with Crippen molar-refractivity contribution in [3.8, 4) is 0 Å².